The van der Waals surface area contributed by atoms with Crippen molar-refractivity contribution < 1.29 is 0 Å². The molecule has 0 aromatic heterocycles. The van der Waals surface area contributed by atoms with E-state index in [0.29, 0.717) is 0 Å². The van der Waals surface area contributed by atoms with Crippen LogP contribution in [0.5, 0.6) is 0 Å². The van der Waals surface area contributed by atoms with Gasteiger partial charge in [-0.1, -0.05) is 0 Å². The van der Waals surface area contributed by atoms with Crippen LogP contribution in [0.4, 0.5) is 0 Å². The van der Waals surface area contributed by atoms with Gasteiger partial charge in [-0.2, -0.15) is 0 Å². The minimum atomic E-state index is 0. The van der Waals surface area contributed by atoms with E-state index in [0.717, 1.165) is 0 Å². The Morgan fingerprint density at radius 2 is 0.300 bits per heavy atom. The van der Waals surface area contributed by atoms with Crippen molar-refractivity contribution in [1.82, 2.24) is 24.6 Å². The Balaban J connectivity index is -0.00000000225. The predicted octanol–water partition coefficient (Wildman–Crippen LogP) is 3.05. The second kappa shape index (κ2) is 455. The van der Waals surface area contributed by atoms with Crippen molar-refractivity contribution in [3.8, 4) is 0 Å². The predicted molar refractivity (Wildman–Crippen MR) is 53.9 cm³/mol. The minimum Gasteiger partial charge on any atom is -0.344 e. The van der Waals surface area contributed by atoms with E-state index < -0.39 is 0 Å². The van der Waals surface area contributed by atoms with Crippen LogP contribution in [-0.4, -0.2) is 0 Å². The average molecular weight is 152 g/mol. The van der Waals surface area contributed by atoms with E-state index in [4.69, 9.17) is 0 Å². The largest absolute Gasteiger partial charge is 0.344 e. The lowest BCUT2D eigenvalue weighted by molar-refractivity contribution is 2.13. The first kappa shape index (κ1) is 139. The average Bonchev–Trinajstić information content (AvgIpc) is 1.81. The second-order valence-electron chi connectivity index (χ2n) is 0. The molecule has 12 N–H and O–H groups in total. The zero-order valence-electron chi connectivity index (χ0n) is 7.07. The van der Waals surface area contributed by atoms with Crippen LogP contribution in [0.15, 0.2) is 39.5 Å². The summed E-state index contributed by atoms with van der Waals surface area (Å²) in [5, 5.41) is 0. The van der Waals surface area contributed by atoms with Crippen molar-refractivity contribution in [1.29, 1.82) is 0 Å². The molecule has 0 spiro atoms. The summed E-state index contributed by atoms with van der Waals surface area (Å²) in [6, 6.07) is 0. The molecule has 0 saturated carbocycles. The van der Waals surface area contributed by atoms with Crippen molar-refractivity contribution >= 4 is 0 Å². The summed E-state index contributed by atoms with van der Waals surface area (Å²) in [5.74, 6) is 0. The number of hydrogen-bond donors (Lipinski definition) is 4. The Labute approximate surface area is 65.0 Å². The third-order valence-electron chi connectivity index (χ3n) is 0. The Bertz CT molecular complexity index is 14.5. The molecule has 4 heteroatoms. The van der Waals surface area contributed by atoms with Crippen LogP contribution in [-0.2, 0) is 0 Å². The zero-order valence-corrected chi connectivity index (χ0v) is 7.07. The highest BCUT2D eigenvalue weighted by Crippen LogP contribution is 0.866. The Kier molecular flexibility index (Phi) is 6310. The highest BCUT2D eigenvalue weighted by Gasteiger charge is 0.605. The molecule has 0 amide bonds. The summed E-state index contributed by atoms with van der Waals surface area (Å²) >= 11 is 0. The van der Waals surface area contributed by atoms with Gasteiger partial charge in [-0.3, -0.25) is 0 Å². The molecule has 0 aliphatic carbocycles. The maximum atomic E-state index is 3.00. The first-order valence-corrected chi connectivity index (χ1v) is 1.50. The van der Waals surface area contributed by atoms with Gasteiger partial charge in [0.2, 0.25) is 0 Å². The molecular weight excluding hydrogens is 128 g/mol. The van der Waals surface area contributed by atoms with Gasteiger partial charge in [0.25, 0.3) is 0 Å². The molecule has 0 aromatic rings. The lowest BCUT2D eigenvalue weighted by Gasteiger charge is -0.813. The van der Waals surface area contributed by atoms with Crippen molar-refractivity contribution in [2.24, 2.45) is 0 Å². The lowest BCUT2D eigenvalue weighted by Crippen LogP contribution is -0.552. The molecule has 0 aromatic carbocycles. The van der Waals surface area contributed by atoms with Crippen LogP contribution in [0.1, 0.15) is 0 Å². The van der Waals surface area contributed by atoms with Gasteiger partial charge in [-0.15, -0.1) is 39.5 Å². The molecule has 68 valence electrons. The summed E-state index contributed by atoms with van der Waals surface area (Å²) < 4.78 is 0. The summed E-state index contributed by atoms with van der Waals surface area (Å²) in [5.41, 5.74) is 0. The van der Waals surface area contributed by atoms with E-state index in [1.165, 1.54) is 0 Å². The van der Waals surface area contributed by atoms with E-state index in [2.05, 4.69) is 39.5 Å². The SMILES string of the molecule is C=C.C=C.C=C.N.N.N.N. The summed E-state index contributed by atoms with van der Waals surface area (Å²) in [7, 11) is 0. The van der Waals surface area contributed by atoms with Crippen LogP contribution in [0.3, 0.4) is 0 Å². The molecule has 0 rings (SSSR count). The third-order valence-corrected chi connectivity index (χ3v) is 0. The molecule has 0 bridgehead atoms. The van der Waals surface area contributed by atoms with Gasteiger partial charge in [0.05, 0.1) is 0 Å². The van der Waals surface area contributed by atoms with E-state index >= 15 is 0 Å². The molecule has 0 radical (unpaired) electrons. The van der Waals surface area contributed by atoms with Crippen LogP contribution in [0, 0.1) is 0 Å². The van der Waals surface area contributed by atoms with Crippen LogP contribution < -0.4 is 24.6 Å². The minimum absolute atomic E-state index is 0. The Morgan fingerprint density at radius 3 is 0.300 bits per heavy atom. The highest BCUT2D eigenvalue weighted by molar-refractivity contribution is 4.22. The summed E-state index contributed by atoms with van der Waals surface area (Å²) in [4.78, 5) is 0. The smallest absolute Gasteiger partial charge is 0.106 e. The van der Waals surface area contributed by atoms with Gasteiger partial charge in [0.15, 0.2) is 0 Å². The fourth-order valence-electron chi connectivity index (χ4n) is 0. The first-order valence-electron chi connectivity index (χ1n) is 1.50. The van der Waals surface area contributed by atoms with Crippen LogP contribution in [0.2, 0.25) is 0 Å². The number of hydrogen-bond acceptors (Lipinski definition) is 4. The Morgan fingerprint density at radius 1 is 0.300 bits per heavy atom. The number of rotatable bonds is 0. The van der Waals surface area contributed by atoms with Gasteiger partial charge in [0, 0.05) is 0 Å². The fourth-order valence-corrected chi connectivity index (χ4v) is 0. The first-order chi connectivity index (χ1) is 3.00. The normalized spacial score (nSPS) is 1.20. The molecule has 0 aliphatic heterocycles. The van der Waals surface area contributed by atoms with Crippen molar-refractivity contribution in [3.05, 3.63) is 39.5 Å². The Hall–Kier alpha value is -0.940. The van der Waals surface area contributed by atoms with Gasteiger partial charge < -0.3 is 24.6 Å². The van der Waals surface area contributed by atoms with Crippen molar-refractivity contribution in [2.75, 3.05) is 0 Å². The molecule has 0 saturated heterocycles. The topological polar surface area (TPSA) is 140 Å². The van der Waals surface area contributed by atoms with Gasteiger partial charge in [-0.05, 0) is 0 Å². The molecule has 0 heterocycles. The van der Waals surface area contributed by atoms with Crippen LogP contribution >= 0.6 is 0 Å². The summed E-state index contributed by atoms with van der Waals surface area (Å²) in [6.45, 7) is 18.0. The lowest BCUT2D eigenvalue weighted by atomic mass is 11.3. The van der Waals surface area contributed by atoms with E-state index in [1.807, 2.05) is 0 Å². The molecule has 10 heavy (non-hydrogen) atoms. The van der Waals surface area contributed by atoms with Crippen molar-refractivity contribution in [3.63, 3.8) is 0 Å². The molecule has 0 unspecified atom stereocenters. The highest BCUT2D eigenvalue weighted by atomic mass is 14.0. The van der Waals surface area contributed by atoms with Gasteiger partial charge in [0.1, 0.15) is 0 Å². The monoisotopic (exact) mass is 152 g/mol. The molecular formula is C6H24N4. The van der Waals surface area contributed by atoms with Crippen LogP contribution in [0.25, 0.3) is 0 Å². The molecule has 4 nitrogen and oxygen atoms in total. The third kappa shape index (κ3) is 293. The molecule has 0 aliphatic rings. The van der Waals surface area contributed by atoms with Crippen molar-refractivity contribution in [2.45, 2.75) is 0 Å². The maximum absolute atomic E-state index is 3.00. The quantitative estimate of drug-likeness (QED) is 0.396. The maximum Gasteiger partial charge on any atom is -0.106 e. The summed E-state index contributed by atoms with van der Waals surface area (Å²) in [6.07, 6.45) is 0. The zero-order chi connectivity index (χ0) is 6.00. The standard InChI is InChI=1S/3C2H4.4H3N/c3*1-2;;;;/h3*1-2H2;4*1H3. The van der Waals surface area contributed by atoms with E-state index in [1.54, 1.807) is 0 Å². The van der Waals surface area contributed by atoms with E-state index in [9.17, 15) is 0 Å². The second-order valence-corrected chi connectivity index (χ2v) is 0. The fraction of sp³-hybridized carbons (Fsp3) is 0. The molecule has 0 fully saturated rings. The molecule has 0 atom stereocenters. The van der Waals surface area contributed by atoms with Gasteiger partial charge >= 0.3 is 0 Å². The van der Waals surface area contributed by atoms with Gasteiger partial charge in [-0.25, -0.2) is 0 Å². The van der Waals surface area contributed by atoms with E-state index in [-0.39, 0.29) is 24.6 Å².